The number of nitrogens with zero attached hydrogens (tertiary/aromatic N) is 2. The zero-order valence-electron chi connectivity index (χ0n) is 17.4. The van der Waals surface area contributed by atoms with Gasteiger partial charge in [-0.1, -0.05) is 66.3 Å². The Hall–Kier alpha value is -3.51. The summed E-state index contributed by atoms with van der Waals surface area (Å²) in [6, 6.07) is 24.0. The van der Waals surface area contributed by atoms with Crippen molar-refractivity contribution in [2.75, 3.05) is 5.32 Å². The second-order valence-corrected chi connectivity index (χ2v) is 8.29. The first kappa shape index (κ1) is 20.8. The van der Waals surface area contributed by atoms with Crippen molar-refractivity contribution in [2.24, 2.45) is 4.99 Å². The quantitative estimate of drug-likeness (QED) is 0.465. The van der Waals surface area contributed by atoms with Crippen molar-refractivity contribution >= 4 is 39.1 Å². The number of hydrogen-bond donors (Lipinski definition) is 1. The average molecular weight is 430 g/mol. The smallest absolute Gasteiger partial charge is 0.279 e. The van der Waals surface area contributed by atoms with Crippen molar-refractivity contribution in [1.29, 1.82) is 0 Å². The van der Waals surface area contributed by atoms with E-state index in [1.807, 2.05) is 85.1 Å². The Morgan fingerprint density at radius 2 is 1.65 bits per heavy atom. The molecule has 0 fully saturated rings. The van der Waals surface area contributed by atoms with Crippen LogP contribution in [0.5, 0.6) is 0 Å². The number of hydrogen-bond acceptors (Lipinski definition) is 3. The van der Waals surface area contributed by atoms with Gasteiger partial charge in [-0.25, -0.2) is 0 Å². The van der Waals surface area contributed by atoms with Crippen molar-refractivity contribution in [1.82, 2.24) is 4.57 Å². The third-order valence-corrected chi connectivity index (χ3v) is 6.11. The van der Waals surface area contributed by atoms with Crippen molar-refractivity contribution in [3.8, 4) is 0 Å². The van der Waals surface area contributed by atoms with Gasteiger partial charge < -0.3 is 9.88 Å². The number of para-hydroxylation sites is 2. The van der Waals surface area contributed by atoms with Crippen molar-refractivity contribution in [3.05, 3.63) is 94.8 Å². The summed E-state index contributed by atoms with van der Waals surface area (Å²) in [5.74, 6) is -0.458. The molecule has 31 heavy (non-hydrogen) atoms. The minimum atomic E-state index is -0.499. The predicted molar refractivity (Wildman–Crippen MR) is 125 cm³/mol. The molecule has 6 heteroatoms. The summed E-state index contributed by atoms with van der Waals surface area (Å²) < 4.78 is 2.86. The second kappa shape index (κ2) is 9.10. The molecule has 0 aliphatic heterocycles. The number of benzene rings is 3. The minimum absolute atomic E-state index is 0.138. The van der Waals surface area contributed by atoms with E-state index in [0.29, 0.717) is 16.8 Å². The van der Waals surface area contributed by atoms with Crippen molar-refractivity contribution in [2.45, 2.75) is 26.3 Å². The number of carbonyl (C=O) groups is 2. The standard InChI is InChI=1S/C25H23N3O2S/c1-3-20(24(30)26-19-9-5-4-6-10-19)28-21-11-7-8-12-22(21)31-25(28)27-23(29)18-15-13-17(2)14-16-18/h4-16,20H,3H2,1-2H3,(H,26,30). The van der Waals surface area contributed by atoms with Gasteiger partial charge in [0.25, 0.3) is 5.91 Å². The normalized spacial score (nSPS) is 12.6. The first-order valence-corrected chi connectivity index (χ1v) is 11.0. The van der Waals surface area contributed by atoms with Crippen LogP contribution in [0.1, 0.15) is 35.3 Å². The summed E-state index contributed by atoms with van der Waals surface area (Å²) in [7, 11) is 0. The van der Waals surface area contributed by atoms with Crippen LogP contribution in [-0.4, -0.2) is 16.4 Å². The maximum atomic E-state index is 13.2. The van der Waals surface area contributed by atoms with Gasteiger partial charge in [0.1, 0.15) is 6.04 Å². The van der Waals surface area contributed by atoms with E-state index in [0.717, 1.165) is 21.5 Å². The lowest BCUT2D eigenvalue weighted by atomic mass is 10.1. The molecule has 1 heterocycles. The first-order valence-electron chi connectivity index (χ1n) is 10.2. The first-order chi connectivity index (χ1) is 15.1. The zero-order valence-corrected chi connectivity index (χ0v) is 18.2. The van der Waals surface area contributed by atoms with Crippen molar-refractivity contribution < 1.29 is 9.59 Å². The van der Waals surface area contributed by atoms with Crippen LogP contribution in [0.4, 0.5) is 5.69 Å². The Morgan fingerprint density at radius 1 is 0.968 bits per heavy atom. The molecule has 4 rings (SSSR count). The van der Waals surface area contributed by atoms with Crippen LogP contribution >= 0.6 is 11.3 Å². The summed E-state index contributed by atoms with van der Waals surface area (Å²) in [4.78, 5) is 31.0. The summed E-state index contributed by atoms with van der Waals surface area (Å²) in [5.41, 5.74) is 3.23. The van der Waals surface area contributed by atoms with Gasteiger partial charge in [0, 0.05) is 11.3 Å². The molecule has 0 radical (unpaired) electrons. The average Bonchev–Trinajstić information content (AvgIpc) is 3.13. The number of thiazole rings is 1. The Bertz CT molecular complexity index is 1290. The predicted octanol–water partition coefficient (Wildman–Crippen LogP) is 5.34. The fourth-order valence-electron chi connectivity index (χ4n) is 3.45. The van der Waals surface area contributed by atoms with E-state index >= 15 is 0 Å². The van der Waals surface area contributed by atoms with Crippen LogP contribution in [0.25, 0.3) is 10.2 Å². The minimum Gasteiger partial charge on any atom is -0.324 e. The molecular formula is C25H23N3O2S. The molecule has 2 amide bonds. The molecule has 0 aliphatic rings. The molecule has 1 unspecified atom stereocenters. The molecule has 0 bridgehead atoms. The summed E-state index contributed by atoms with van der Waals surface area (Å²) in [5, 5.41) is 2.98. The van der Waals surface area contributed by atoms with Gasteiger partial charge in [0.05, 0.1) is 10.2 Å². The van der Waals surface area contributed by atoms with Crippen molar-refractivity contribution in [3.63, 3.8) is 0 Å². The number of fused-ring (bicyclic) bond motifs is 1. The van der Waals surface area contributed by atoms with E-state index < -0.39 is 6.04 Å². The van der Waals surface area contributed by atoms with E-state index in [-0.39, 0.29) is 11.8 Å². The Morgan fingerprint density at radius 3 is 2.35 bits per heavy atom. The number of carbonyl (C=O) groups excluding carboxylic acids is 2. The van der Waals surface area contributed by atoms with Crippen LogP contribution in [0.2, 0.25) is 0 Å². The second-order valence-electron chi connectivity index (χ2n) is 7.28. The zero-order chi connectivity index (χ0) is 21.8. The van der Waals surface area contributed by atoms with Gasteiger partial charge in [-0.2, -0.15) is 4.99 Å². The third-order valence-electron chi connectivity index (χ3n) is 5.07. The number of anilines is 1. The van der Waals surface area contributed by atoms with E-state index in [9.17, 15) is 9.59 Å². The fourth-order valence-corrected chi connectivity index (χ4v) is 4.52. The third kappa shape index (κ3) is 4.49. The van der Waals surface area contributed by atoms with Gasteiger partial charge in [-0.3, -0.25) is 9.59 Å². The largest absolute Gasteiger partial charge is 0.324 e. The number of amides is 2. The summed E-state index contributed by atoms with van der Waals surface area (Å²) >= 11 is 1.41. The summed E-state index contributed by atoms with van der Waals surface area (Å²) in [6.45, 7) is 3.93. The maximum Gasteiger partial charge on any atom is 0.279 e. The molecule has 0 saturated heterocycles. The van der Waals surface area contributed by atoms with Crippen LogP contribution in [0.3, 0.4) is 0 Å². The Kier molecular flexibility index (Phi) is 6.09. The van der Waals surface area contributed by atoms with E-state index in [1.165, 1.54) is 11.3 Å². The van der Waals surface area contributed by atoms with Gasteiger partial charge in [-0.15, -0.1) is 0 Å². The molecule has 0 saturated carbocycles. The maximum absolute atomic E-state index is 13.2. The van der Waals surface area contributed by atoms with Crippen LogP contribution < -0.4 is 10.1 Å². The monoisotopic (exact) mass is 429 g/mol. The lowest BCUT2D eigenvalue weighted by Crippen LogP contribution is -2.31. The van der Waals surface area contributed by atoms with Gasteiger partial charge in [0.15, 0.2) is 4.80 Å². The van der Waals surface area contributed by atoms with Crippen LogP contribution in [0.15, 0.2) is 83.9 Å². The number of rotatable bonds is 5. The van der Waals surface area contributed by atoms with E-state index in [1.54, 1.807) is 12.1 Å². The highest BCUT2D eigenvalue weighted by Crippen LogP contribution is 2.24. The molecule has 3 aromatic carbocycles. The molecule has 0 spiro atoms. The molecule has 156 valence electrons. The highest BCUT2D eigenvalue weighted by molar-refractivity contribution is 7.16. The molecule has 1 atom stereocenters. The lowest BCUT2D eigenvalue weighted by Gasteiger charge is -2.18. The molecule has 1 aromatic heterocycles. The molecule has 1 N–H and O–H groups in total. The SMILES string of the molecule is CCC(C(=O)Nc1ccccc1)n1c(=NC(=O)c2ccc(C)cc2)sc2ccccc21. The lowest BCUT2D eigenvalue weighted by molar-refractivity contribution is -0.119. The number of aryl methyl sites for hydroxylation is 1. The molecular weight excluding hydrogens is 406 g/mol. The highest BCUT2D eigenvalue weighted by Gasteiger charge is 2.23. The topological polar surface area (TPSA) is 63.5 Å². The van der Waals surface area contributed by atoms with Crippen LogP contribution in [-0.2, 0) is 4.79 Å². The van der Waals surface area contributed by atoms with Crippen LogP contribution in [0, 0.1) is 6.92 Å². The van der Waals surface area contributed by atoms with E-state index in [2.05, 4.69) is 10.3 Å². The van der Waals surface area contributed by atoms with E-state index in [4.69, 9.17) is 0 Å². The highest BCUT2D eigenvalue weighted by atomic mass is 32.1. The number of nitrogens with one attached hydrogen (secondary N) is 1. The molecule has 5 nitrogen and oxygen atoms in total. The Balaban J connectivity index is 1.79. The summed E-state index contributed by atoms with van der Waals surface area (Å²) in [6.07, 6.45) is 0.561. The van der Waals surface area contributed by atoms with Gasteiger partial charge >= 0.3 is 0 Å². The molecule has 4 aromatic rings. The Labute approximate surface area is 184 Å². The van der Waals surface area contributed by atoms with Gasteiger partial charge in [-0.05, 0) is 49.7 Å². The fraction of sp³-hybridized carbons (Fsp3) is 0.160. The number of aromatic nitrogens is 1. The molecule has 0 aliphatic carbocycles. The van der Waals surface area contributed by atoms with Gasteiger partial charge in [0.2, 0.25) is 5.91 Å².